The van der Waals surface area contributed by atoms with Gasteiger partial charge in [-0.2, -0.15) is 0 Å². The third-order valence-electron chi connectivity index (χ3n) is 23.3. The number of rotatable bonds is 26. The molecule has 8 rings (SSSR count). The van der Waals surface area contributed by atoms with Gasteiger partial charge in [-0.25, -0.2) is 4.98 Å². The minimum atomic E-state index is -1.85. The monoisotopic (exact) mass is 1860 g/mol. The average Bonchev–Trinajstić information content (AvgIpc) is 1.71. The summed E-state index contributed by atoms with van der Waals surface area (Å²) in [5, 5.41) is 50.3. The number of benzene rings is 4. The Kier molecular flexibility index (Phi) is 40.4. The molecule has 4 aromatic carbocycles. The first-order chi connectivity index (χ1) is 63.4. The van der Waals surface area contributed by atoms with E-state index in [1.165, 1.54) is 47.6 Å². The molecule has 0 radical (unpaired) electrons. The summed E-state index contributed by atoms with van der Waals surface area (Å²) in [7, 11) is 5.27. The Morgan fingerprint density at radius 2 is 1.12 bits per heavy atom. The molecule has 2 aliphatic rings. The zero-order valence-corrected chi connectivity index (χ0v) is 77.3. The van der Waals surface area contributed by atoms with E-state index in [1.54, 1.807) is 92.8 Å². The number of aliphatic hydroxyl groups is 1. The first-order valence-electron chi connectivity index (χ1n) is 44.6. The first kappa shape index (κ1) is 105. The van der Waals surface area contributed by atoms with Gasteiger partial charge in [0, 0.05) is 102 Å². The maximum Gasteiger partial charge on any atom is 0.246 e. The van der Waals surface area contributed by atoms with Gasteiger partial charge in [0.25, 0.3) is 0 Å². The lowest BCUT2D eigenvalue weighted by Crippen LogP contribution is -2.61. The predicted octanol–water partition coefficient (Wildman–Crippen LogP) is -1.47. The van der Waals surface area contributed by atoms with Gasteiger partial charge in [0.05, 0.1) is 38.2 Å². The number of amides is 17. The van der Waals surface area contributed by atoms with Gasteiger partial charge >= 0.3 is 0 Å². The Hall–Kier alpha value is -13.5. The molecule has 2 aliphatic heterocycles. The number of carbonyl (C=O) groups is 17. The molecule has 0 bridgehead atoms. The van der Waals surface area contributed by atoms with E-state index in [0.717, 1.165) is 41.6 Å². The van der Waals surface area contributed by atoms with E-state index in [1.807, 2.05) is 38.1 Å². The Labute approximate surface area is 775 Å². The van der Waals surface area contributed by atoms with Gasteiger partial charge in [0.1, 0.15) is 78.5 Å². The molecule has 13 atom stereocenters. The number of guanidine groups is 1. The quantitative estimate of drug-likeness (QED) is 0.0168. The molecule has 42 heteroatoms. The molecule has 4 heterocycles. The topological polar surface area (TPSA) is 605 Å². The van der Waals surface area contributed by atoms with Crippen molar-refractivity contribution < 1.29 is 86.6 Å². The van der Waals surface area contributed by atoms with Gasteiger partial charge in [-0.3, -0.25) is 86.9 Å². The van der Waals surface area contributed by atoms with Gasteiger partial charge < -0.3 is 115 Å². The molecule has 21 N–H and O–H groups in total. The van der Waals surface area contributed by atoms with Crippen LogP contribution >= 0.6 is 11.8 Å². The Bertz CT molecular complexity index is 5090. The average molecular weight is 1860 g/mol. The molecule has 41 nitrogen and oxygen atoms in total. The van der Waals surface area contributed by atoms with Crippen LogP contribution in [0.25, 0.3) is 21.7 Å². The van der Waals surface area contributed by atoms with Crippen molar-refractivity contribution in [2.45, 2.75) is 216 Å². The third-order valence-corrected chi connectivity index (χ3v) is 24.4. The molecule has 17 amide bonds. The number of hydrogen-bond acceptors (Lipinski definition) is 21. The molecule has 0 spiro atoms. The highest BCUT2D eigenvalue weighted by Crippen LogP contribution is 2.26. The maximum atomic E-state index is 15.8. The molecule has 6 aromatic rings. The molecule has 13 unspecified atom stereocenters. The summed E-state index contributed by atoms with van der Waals surface area (Å²) in [4.78, 5) is 264. The second kappa shape index (κ2) is 51.3. The molecular formula is C91H127N23O18S. The maximum absolute atomic E-state index is 15.8. The number of thioether (sulfide) groups is 1. The van der Waals surface area contributed by atoms with E-state index < -0.39 is 223 Å². The largest absolute Gasteiger partial charge is 0.394 e. The number of unbranched alkanes of at least 4 members (excludes halogenated alkanes) is 2. The van der Waals surface area contributed by atoms with Gasteiger partial charge in [-0.15, -0.1) is 11.8 Å². The zero-order chi connectivity index (χ0) is 97.3. The number of aromatic amines is 2. The fourth-order valence-corrected chi connectivity index (χ4v) is 16.8. The lowest BCUT2D eigenvalue weighted by molar-refractivity contribution is -0.149. The summed E-state index contributed by atoms with van der Waals surface area (Å²) in [6.45, 7) is 5.94. The van der Waals surface area contributed by atoms with Gasteiger partial charge in [-0.05, 0) is 91.3 Å². The van der Waals surface area contributed by atoms with Crippen LogP contribution in [-0.4, -0.2) is 302 Å². The summed E-state index contributed by atoms with van der Waals surface area (Å²) in [6, 6.07) is 8.39. The smallest absolute Gasteiger partial charge is 0.246 e. The zero-order valence-electron chi connectivity index (χ0n) is 76.5. The SMILES string of the molecule is CCCCC1C(=O)N(C)C(CCCC)C(=O)NC(CCCNC(=N)N)C(=O)NC(C(=O)NCC(N)=O)CSCC(=O)NC(Cc2ccccc2)C(=O)N(C)C(C)C(=O)NC(CC(N)=O)C(=O)N2CCCC2C(=O)NC(Cc2cnc[nH]2)C(=O)NC(CC(C)C)C(=O)N(C)CC(=O)NC(Cc2c[nH]c3ccccc23)C(=O)NC(CO)C(=O)NC(Cc2cccc3ccccc23)C(=O)N1C. The number of nitrogens with one attached hydrogen (secondary N) is 14. The molecule has 2 aromatic heterocycles. The lowest BCUT2D eigenvalue weighted by Gasteiger charge is -2.36. The number of carbonyl (C=O) groups excluding carboxylic acids is 17. The lowest BCUT2D eigenvalue weighted by atomic mass is 9.97. The number of H-pyrrole nitrogens is 2. The number of para-hydroxylation sites is 1. The summed E-state index contributed by atoms with van der Waals surface area (Å²) >= 11 is 0.796. The molecule has 2 fully saturated rings. The van der Waals surface area contributed by atoms with E-state index in [-0.39, 0.29) is 89.6 Å². The number of aromatic nitrogens is 3. The number of likely N-dealkylation sites (N-methyl/N-ethyl adjacent to an activating group) is 4. The van der Waals surface area contributed by atoms with Crippen molar-refractivity contribution in [1.82, 2.24) is 97.9 Å². The molecular weight excluding hydrogens is 1740 g/mol. The number of imidazole rings is 1. The second-order valence-corrected chi connectivity index (χ2v) is 35.0. The van der Waals surface area contributed by atoms with Crippen LogP contribution in [0.5, 0.6) is 0 Å². The Morgan fingerprint density at radius 3 is 1.78 bits per heavy atom. The highest BCUT2D eigenvalue weighted by molar-refractivity contribution is 8.00. The van der Waals surface area contributed by atoms with E-state index in [2.05, 4.69) is 73.4 Å². The standard InChI is InChI=1S/C91H127N23O18S/c1-10-12-33-71-84(126)103-62(32-22-36-97-91(94)95)80(122)109-70(79(121)99-46-75(93)117)49-133-50-77(119)102-66(39-54-24-15-14-16-25-54)87(129)111(7)53(5)78(120)105-68(43-74(92)116)89(131)114-37-23-35-72(114)85(127)104-64(42-58-45-96-51-100-58)82(124)106-65(38-52(3)4)86(128)110(6)47-76(118)101-63(41-57-44-98-61-31-20-19-30-60(57)61)81(123)108-69(48-115)83(125)107-67(40-56-28-21-27-55-26-17-18-29-59(55)56)88(130)113(9)73(34-13-11-2)90(132)112(71)8/h14-21,24-31,44-45,51-53,62-73,98,115H,10-13,22-23,32-43,46-50H2,1-9H3,(H2,92,116)(H2,93,117)(H,96,100)(H,99,121)(H,101,118)(H,102,119)(H,103,126)(H,104,127)(H,105,120)(H,106,124)(H,107,125)(H,108,123)(H,109,122)(H4,94,95,97). The van der Waals surface area contributed by atoms with Crippen molar-refractivity contribution in [3.63, 3.8) is 0 Å². The predicted molar refractivity (Wildman–Crippen MR) is 495 cm³/mol. The Morgan fingerprint density at radius 1 is 0.541 bits per heavy atom. The third kappa shape index (κ3) is 30.8. The molecule has 2 saturated heterocycles. The Balaban J connectivity index is 1.19. The van der Waals surface area contributed by atoms with E-state index in [9.17, 15) is 62.6 Å². The summed E-state index contributed by atoms with van der Waals surface area (Å²) in [5.74, 6) is -17.1. The van der Waals surface area contributed by atoms with Crippen molar-refractivity contribution in [3.05, 3.63) is 138 Å². The van der Waals surface area contributed by atoms with Crippen LogP contribution in [0.15, 0.2) is 116 Å². The molecule has 720 valence electrons. The number of aliphatic hydroxyl groups excluding tert-OH is 1. The number of nitrogens with zero attached hydrogens (tertiary/aromatic N) is 6. The van der Waals surface area contributed by atoms with Crippen LogP contribution in [0, 0.1) is 11.3 Å². The van der Waals surface area contributed by atoms with E-state index in [4.69, 9.17) is 22.6 Å². The van der Waals surface area contributed by atoms with Crippen molar-refractivity contribution in [2.75, 3.05) is 72.5 Å². The van der Waals surface area contributed by atoms with Crippen molar-refractivity contribution in [2.24, 2.45) is 23.1 Å². The highest BCUT2D eigenvalue weighted by atomic mass is 32.2. The molecule has 0 aliphatic carbocycles. The summed E-state index contributed by atoms with van der Waals surface area (Å²) < 4.78 is 0. The molecule has 133 heavy (non-hydrogen) atoms. The summed E-state index contributed by atoms with van der Waals surface area (Å²) in [6.07, 6.45) is 4.39. The number of primary amides is 2. The van der Waals surface area contributed by atoms with Gasteiger partial charge in [0.2, 0.25) is 100 Å². The molecule has 0 saturated carbocycles. The second-order valence-electron chi connectivity index (χ2n) is 33.9. The van der Waals surface area contributed by atoms with Crippen molar-refractivity contribution in [3.8, 4) is 0 Å². The van der Waals surface area contributed by atoms with Crippen molar-refractivity contribution >= 4 is 140 Å². The van der Waals surface area contributed by atoms with Crippen LogP contribution < -0.4 is 75.7 Å². The number of hydrogen-bond donors (Lipinski definition) is 18. The minimum absolute atomic E-state index is 0.00163. The first-order valence-corrected chi connectivity index (χ1v) is 45.8. The van der Waals surface area contributed by atoms with Crippen LogP contribution in [0.3, 0.4) is 0 Å². The fourth-order valence-electron chi connectivity index (χ4n) is 16.0. The van der Waals surface area contributed by atoms with Crippen LogP contribution in [0.4, 0.5) is 0 Å². The van der Waals surface area contributed by atoms with Crippen LogP contribution in [-0.2, 0) is 107 Å². The van der Waals surface area contributed by atoms with Crippen LogP contribution in [0.1, 0.15) is 134 Å². The number of nitrogens with two attached hydrogens (primary N) is 3. The number of fused-ring (bicyclic) bond motifs is 3. The fraction of sp³-hybridized carbons (Fsp3) is 0.505. The van der Waals surface area contributed by atoms with Crippen LogP contribution in [0.2, 0.25) is 0 Å². The minimum Gasteiger partial charge on any atom is -0.394 e. The highest BCUT2D eigenvalue weighted by Gasteiger charge is 2.44. The van der Waals surface area contributed by atoms with E-state index >= 15 is 24.0 Å². The van der Waals surface area contributed by atoms with Gasteiger partial charge in [0.15, 0.2) is 5.96 Å². The normalized spacial score (nSPS) is 23.4. The van der Waals surface area contributed by atoms with Gasteiger partial charge in [-0.1, -0.05) is 144 Å². The van der Waals surface area contributed by atoms with Crippen molar-refractivity contribution in [1.29, 1.82) is 5.41 Å². The summed E-state index contributed by atoms with van der Waals surface area (Å²) in [5.41, 5.74) is 19.4. The van der Waals surface area contributed by atoms with E-state index in [0.29, 0.717) is 64.4 Å².